The molecular weight excluding hydrogens is 330 g/mol. The number of aldehydes is 1. The summed E-state index contributed by atoms with van der Waals surface area (Å²) >= 11 is 0. The first-order chi connectivity index (χ1) is 13.4. The van der Waals surface area contributed by atoms with E-state index in [4.69, 9.17) is 0 Å². The lowest BCUT2D eigenvalue weighted by Crippen LogP contribution is -2.11. The zero-order valence-electron chi connectivity index (χ0n) is 14.8. The molecule has 0 amide bonds. The first-order valence-electron chi connectivity index (χ1n) is 8.92. The Morgan fingerprint density at radius 2 is 1.11 bits per heavy atom. The fourth-order valence-corrected chi connectivity index (χ4v) is 3.25. The molecule has 0 radical (unpaired) electrons. The molecule has 0 spiro atoms. The van der Waals surface area contributed by atoms with Gasteiger partial charge in [0.1, 0.15) is 6.29 Å². The van der Waals surface area contributed by atoms with Crippen LogP contribution in [0.5, 0.6) is 0 Å². The Bertz CT molecular complexity index is 988. The molecule has 4 aromatic rings. The molecule has 0 aliphatic rings. The highest BCUT2D eigenvalue weighted by Gasteiger charge is 2.17. The van der Waals surface area contributed by atoms with Gasteiger partial charge in [0.25, 0.3) is 0 Å². The second kappa shape index (κ2) is 7.71. The average Bonchev–Trinajstić information content (AvgIpc) is 2.76. The third kappa shape index (κ3) is 3.51. The normalized spacial score (nSPS) is 10.4. The molecule has 0 heterocycles. The number of carbonyl (C=O) groups excluding carboxylic acids is 1. The molecule has 0 N–H and O–H groups in total. The highest BCUT2D eigenvalue weighted by molar-refractivity contribution is 5.91. The molecule has 0 unspecified atom stereocenters. The number of nitrogens with zero attached hydrogens (tertiary/aromatic N) is 1. The summed E-state index contributed by atoms with van der Waals surface area (Å²) in [7, 11) is 0. The Labute approximate surface area is 159 Å². The van der Waals surface area contributed by atoms with Gasteiger partial charge >= 0.3 is 0 Å². The first kappa shape index (κ1) is 16.8. The molecule has 0 aliphatic heterocycles. The van der Waals surface area contributed by atoms with Gasteiger partial charge in [-0.1, -0.05) is 78.9 Å². The lowest BCUT2D eigenvalue weighted by molar-refractivity contribution is 0.112. The van der Waals surface area contributed by atoms with Crippen molar-refractivity contribution in [3.8, 4) is 11.1 Å². The minimum atomic E-state index is 0.654. The van der Waals surface area contributed by atoms with Crippen LogP contribution in [0.25, 0.3) is 11.1 Å². The summed E-state index contributed by atoms with van der Waals surface area (Å²) in [5.41, 5.74) is 5.91. The van der Waals surface area contributed by atoms with Crippen molar-refractivity contribution in [2.75, 3.05) is 4.90 Å². The molecule has 2 nitrogen and oxygen atoms in total. The Hall–Kier alpha value is -3.65. The average molecular weight is 349 g/mol. The number of hydrogen-bond acceptors (Lipinski definition) is 2. The molecule has 0 saturated heterocycles. The summed E-state index contributed by atoms with van der Waals surface area (Å²) in [6, 6.07) is 36.5. The number of carbonyl (C=O) groups is 1. The smallest absolute Gasteiger partial charge is 0.150 e. The second-order valence-electron chi connectivity index (χ2n) is 6.27. The first-order valence-corrected chi connectivity index (χ1v) is 8.92. The van der Waals surface area contributed by atoms with Crippen molar-refractivity contribution >= 4 is 23.3 Å². The third-order valence-electron chi connectivity index (χ3n) is 4.51. The van der Waals surface area contributed by atoms with E-state index in [9.17, 15) is 4.79 Å². The van der Waals surface area contributed by atoms with E-state index in [1.807, 2.05) is 72.8 Å². The van der Waals surface area contributed by atoms with Crippen molar-refractivity contribution in [3.63, 3.8) is 0 Å². The number of para-hydroxylation sites is 2. The molecular formula is C25H19NO. The van der Waals surface area contributed by atoms with E-state index in [1.165, 1.54) is 0 Å². The third-order valence-corrected chi connectivity index (χ3v) is 4.51. The Kier molecular flexibility index (Phi) is 4.80. The van der Waals surface area contributed by atoms with E-state index in [1.54, 1.807) is 0 Å². The van der Waals surface area contributed by atoms with Crippen LogP contribution >= 0.6 is 0 Å². The van der Waals surface area contributed by atoms with Crippen LogP contribution < -0.4 is 4.90 Å². The number of benzene rings is 4. The Morgan fingerprint density at radius 3 is 1.63 bits per heavy atom. The lowest BCUT2D eigenvalue weighted by Gasteiger charge is -2.28. The molecule has 0 bridgehead atoms. The number of anilines is 3. The lowest BCUT2D eigenvalue weighted by atomic mass is 10.00. The molecule has 0 saturated carbocycles. The summed E-state index contributed by atoms with van der Waals surface area (Å²) < 4.78 is 0. The largest absolute Gasteiger partial charge is 0.310 e. The summed E-state index contributed by atoms with van der Waals surface area (Å²) in [6.45, 7) is 0. The summed E-state index contributed by atoms with van der Waals surface area (Å²) in [5.74, 6) is 0. The predicted octanol–water partition coefficient (Wildman–Crippen LogP) is 6.64. The van der Waals surface area contributed by atoms with Gasteiger partial charge in [-0.3, -0.25) is 4.79 Å². The van der Waals surface area contributed by atoms with Gasteiger partial charge in [-0.2, -0.15) is 0 Å². The quantitative estimate of drug-likeness (QED) is 0.377. The number of hydrogen-bond donors (Lipinski definition) is 0. The highest BCUT2D eigenvalue weighted by Crippen LogP contribution is 2.40. The van der Waals surface area contributed by atoms with Crippen LogP contribution in [0.15, 0.2) is 109 Å². The van der Waals surface area contributed by atoms with Crippen LogP contribution in [0, 0.1) is 0 Å². The number of rotatable bonds is 5. The zero-order valence-corrected chi connectivity index (χ0v) is 14.8. The van der Waals surface area contributed by atoms with Gasteiger partial charge in [0, 0.05) is 22.5 Å². The standard InChI is InChI=1S/C25H19NO/c27-19-20-16-17-24(21-10-4-1-5-11-21)25(18-20)26(22-12-6-2-7-13-22)23-14-8-3-9-15-23/h1-19H. The molecule has 4 rings (SSSR count). The molecule has 130 valence electrons. The van der Waals surface area contributed by atoms with Gasteiger partial charge in [0.15, 0.2) is 0 Å². The molecule has 27 heavy (non-hydrogen) atoms. The summed E-state index contributed by atoms with van der Waals surface area (Å²) in [5, 5.41) is 0. The van der Waals surface area contributed by atoms with E-state index < -0.39 is 0 Å². The van der Waals surface area contributed by atoms with Gasteiger partial charge in [-0.15, -0.1) is 0 Å². The van der Waals surface area contributed by atoms with Crippen molar-refractivity contribution in [1.82, 2.24) is 0 Å². The van der Waals surface area contributed by atoms with Crippen molar-refractivity contribution < 1.29 is 4.79 Å². The molecule has 0 aliphatic carbocycles. The van der Waals surface area contributed by atoms with Crippen LogP contribution in [0.2, 0.25) is 0 Å². The van der Waals surface area contributed by atoms with Gasteiger partial charge in [0.2, 0.25) is 0 Å². The van der Waals surface area contributed by atoms with Crippen molar-refractivity contribution in [1.29, 1.82) is 0 Å². The van der Waals surface area contributed by atoms with Crippen molar-refractivity contribution in [2.24, 2.45) is 0 Å². The molecule has 0 atom stereocenters. The van der Waals surface area contributed by atoms with E-state index in [0.29, 0.717) is 5.56 Å². The maximum atomic E-state index is 11.5. The van der Waals surface area contributed by atoms with Gasteiger partial charge in [-0.05, 0) is 35.9 Å². The maximum Gasteiger partial charge on any atom is 0.150 e. The SMILES string of the molecule is O=Cc1ccc(-c2ccccc2)c(N(c2ccccc2)c2ccccc2)c1. The van der Waals surface area contributed by atoms with Crippen LogP contribution in [0.3, 0.4) is 0 Å². The van der Waals surface area contributed by atoms with Crippen LogP contribution in [-0.4, -0.2) is 6.29 Å². The summed E-state index contributed by atoms with van der Waals surface area (Å²) in [4.78, 5) is 13.7. The van der Waals surface area contributed by atoms with Crippen molar-refractivity contribution in [3.05, 3.63) is 115 Å². The molecule has 2 heteroatoms. The topological polar surface area (TPSA) is 20.3 Å². The van der Waals surface area contributed by atoms with Gasteiger partial charge in [-0.25, -0.2) is 0 Å². The fraction of sp³-hybridized carbons (Fsp3) is 0. The van der Waals surface area contributed by atoms with Crippen LogP contribution in [0.1, 0.15) is 10.4 Å². The van der Waals surface area contributed by atoms with Gasteiger partial charge in [0.05, 0.1) is 5.69 Å². The second-order valence-corrected chi connectivity index (χ2v) is 6.27. The molecule has 4 aromatic carbocycles. The van der Waals surface area contributed by atoms with E-state index in [0.717, 1.165) is 34.5 Å². The van der Waals surface area contributed by atoms with Crippen LogP contribution in [-0.2, 0) is 0 Å². The summed E-state index contributed by atoms with van der Waals surface area (Å²) in [6.07, 6.45) is 0.895. The molecule has 0 fully saturated rings. The predicted molar refractivity (Wildman–Crippen MR) is 112 cm³/mol. The van der Waals surface area contributed by atoms with Crippen molar-refractivity contribution in [2.45, 2.75) is 0 Å². The fourth-order valence-electron chi connectivity index (χ4n) is 3.25. The monoisotopic (exact) mass is 349 g/mol. The Balaban J connectivity index is 1.98. The minimum Gasteiger partial charge on any atom is -0.310 e. The minimum absolute atomic E-state index is 0.654. The van der Waals surface area contributed by atoms with Crippen LogP contribution in [0.4, 0.5) is 17.1 Å². The van der Waals surface area contributed by atoms with E-state index >= 15 is 0 Å². The van der Waals surface area contributed by atoms with Gasteiger partial charge < -0.3 is 4.90 Å². The maximum absolute atomic E-state index is 11.5. The van der Waals surface area contributed by atoms with E-state index in [2.05, 4.69) is 41.3 Å². The zero-order chi connectivity index (χ0) is 18.5. The highest BCUT2D eigenvalue weighted by atomic mass is 16.1. The molecule has 0 aromatic heterocycles. The Morgan fingerprint density at radius 1 is 0.593 bits per heavy atom. The van der Waals surface area contributed by atoms with E-state index in [-0.39, 0.29) is 0 Å².